The molecule has 2 rings (SSSR count). The Morgan fingerprint density at radius 2 is 2.14 bits per heavy atom. The molecule has 0 bridgehead atoms. The maximum atomic E-state index is 11.2. The number of aryl methyl sites for hydroxylation is 1. The third kappa shape index (κ3) is 2.73. The van der Waals surface area contributed by atoms with Crippen molar-refractivity contribution < 1.29 is 14.8 Å². The smallest absolute Gasteiger partial charge is 0.339 e. The fourth-order valence-corrected chi connectivity index (χ4v) is 2.41. The zero-order valence-electron chi connectivity index (χ0n) is 11.3. The zero-order valence-corrected chi connectivity index (χ0v) is 12.1. The van der Waals surface area contributed by atoms with E-state index in [-0.39, 0.29) is 22.8 Å². The Bertz CT molecular complexity index is 739. The number of carboxylic acids is 1. The van der Waals surface area contributed by atoms with Gasteiger partial charge in [-0.1, -0.05) is 17.7 Å². The van der Waals surface area contributed by atoms with Gasteiger partial charge >= 0.3 is 5.97 Å². The first-order valence-electron chi connectivity index (χ1n) is 6.02. The highest BCUT2D eigenvalue weighted by atomic mass is 35.5. The molecule has 1 aromatic carbocycles. The molecule has 7 nitrogen and oxygen atoms in total. The lowest BCUT2D eigenvalue weighted by Crippen LogP contribution is -2.08. The highest BCUT2D eigenvalue weighted by Gasteiger charge is 2.22. The van der Waals surface area contributed by atoms with Crippen molar-refractivity contribution >= 4 is 23.3 Å². The van der Waals surface area contributed by atoms with E-state index in [1.54, 1.807) is 19.9 Å². The molecule has 0 amide bonds. The summed E-state index contributed by atoms with van der Waals surface area (Å²) < 4.78 is 1.41. The molecule has 0 aliphatic carbocycles. The van der Waals surface area contributed by atoms with E-state index in [1.807, 2.05) is 0 Å². The molecule has 0 atom stereocenters. The van der Waals surface area contributed by atoms with Crippen LogP contribution in [0.15, 0.2) is 18.2 Å². The van der Waals surface area contributed by atoms with Crippen LogP contribution in [0.25, 0.3) is 0 Å². The first kappa shape index (κ1) is 15.0. The summed E-state index contributed by atoms with van der Waals surface area (Å²) in [7, 11) is 0. The van der Waals surface area contributed by atoms with Gasteiger partial charge in [0.25, 0.3) is 5.69 Å². The van der Waals surface area contributed by atoms with Gasteiger partial charge in [-0.05, 0) is 19.9 Å². The minimum Gasteiger partial charge on any atom is -0.478 e. The van der Waals surface area contributed by atoms with Crippen molar-refractivity contribution in [3.8, 4) is 0 Å². The number of halogens is 1. The molecule has 110 valence electrons. The second-order valence-corrected chi connectivity index (χ2v) is 4.91. The number of carboxylic acid groups (broad SMARTS) is 1. The number of nitro groups is 1. The average Bonchev–Trinajstić information content (AvgIpc) is 2.66. The number of rotatable bonds is 4. The van der Waals surface area contributed by atoms with Gasteiger partial charge in [0.15, 0.2) is 0 Å². The van der Waals surface area contributed by atoms with Crippen LogP contribution in [0.4, 0.5) is 5.69 Å². The number of hydrogen-bond donors (Lipinski definition) is 1. The van der Waals surface area contributed by atoms with Gasteiger partial charge in [-0.3, -0.25) is 14.8 Å². The molecule has 0 aliphatic heterocycles. The molecular formula is C13H12ClN3O4. The summed E-state index contributed by atoms with van der Waals surface area (Å²) in [5.74, 6) is -1.08. The molecule has 0 saturated heterocycles. The predicted molar refractivity (Wildman–Crippen MR) is 75.9 cm³/mol. The minimum atomic E-state index is -1.08. The molecule has 2 aromatic rings. The first-order chi connectivity index (χ1) is 9.82. The molecule has 1 heterocycles. The van der Waals surface area contributed by atoms with Crippen LogP contribution in [0.5, 0.6) is 0 Å². The number of carbonyl (C=O) groups is 1. The van der Waals surface area contributed by atoms with E-state index in [2.05, 4.69) is 5.10 Å². The van der Waals surface area contributed by atoms with Gasteiger partial charge in [-0.15, -0.1) is 0 Å². The van der Waals surface area contributed by atoms with Crippen molar-refractivity contribution in [2.24, 2.45) is 0 Å². The van der Waals surface area contributed by atoms with Crippen molar-refractivity contribution in [3.63, 3.8) is 0 Å². The predicted octanol–water partition coefficient (Wildman–Crippen LogP) is 2.81. The van der Waals surface area contributed by atoms with E-state index in [0.29, 0.717) is 17.0 Å². The number of aromatic carboxylic acids is 1. The highest BCUT2D eigenvalue weighted by Crippen LogP contribution is 2.28. The third-order valence-corrected chi connectivity index (χ3v) is 3.55. The van der Waals surface area contributed by atoms with Gasteiger partial charge in [0, 0.05) is 6.07 Å². The van der Waals surface area contributed by atoms with Crippen LogP contribution in [0.1, 0.15) is 27.3 Å². The number of hydrogen-bond acceptors (Lipinski definition) is 4. The van der Waals surface area contributed by atoms with Gasteiger partial charge in [-0.2, -0.15) is 5.10 Å². The Kier molecular flexibility index (Phi) is 3.95. The molecule has 0 aliphatic rings. The SMILES string of the molecule is Cc1nn(Cc2c(Cl)cccc2[N+](=O)[O-])c(C)c1C(=O)O. The van der Waals surface area contributed by atoms with Crippen LogP contribution < -0.4 is 0 Å². The number of nitro benzene ring substituents is 1. The van der Waals surface area contributed by atoms with Gasteiger partial charge in [0.2, 0.25) is 0 Å². The molecular weight excluding hydrogens is 298 g/mol. The fourth-order valence-electron chi connectivity index (χ4n) is 2.18. The standard InChI is InChI=1S/C13H12ClN3O4/c1-7-12(13(18)19)8(2)16(15-7)6-9-10(14)4-3-5-11(9)17(20)21/h3-5H,6H2,1-2H3,(H,18,19). The number of benzene rings is 1. The first-order valence-corrected chi connectivity index (χ1v) is 6.39. The van der Waals surface area contributed by atoms with Crippen LogP contribution >= 0.6 is 11.6 Å². The van der Waals surface area contributed by atoms with Crippen LogP contribution in [0.2, 0.25) is 5.02 Å². The molecule has 21 heavy (non-hydrogen) atoms. The Morgan fingerprint density at radius 1 is 1.48 bits per heavy atom. The van der Waals surface area contributed by atoms with Crippen LogP contribution in [0.3, 0.4) is 0 Å². The highest BCUT2D eigenvalue weighted by molar-refractivity contribution is 6.31. The second-order valence-electron chi connectivity index (χ2n) is 4.50. The van der Waals surface area contributed by atoms with Crippen LogP contribution in [0, 0.1) is 24.0 Å². The van der Waals surface area contributed by atoms with Gasteiger partial charge < -0.3 is 5.11 Å². The molecule has 8 heteroatoms. The number of aromatic nitrogens is 2. The Hall–Kier alpha value is -2.41. The maximum Gasteiger partial charge on any atom is 0.339 e. The lowest BCUT2D eigenvalue weighted by molar-refractivity contribution is -0.385. The summed E-state index contributed by atoms with van der Waals surface area (Å²) in [4.78, 5) is 21.7. The summed E-state index contributed by atoms with van der Waals surface area (Å²) in [5, 5.41) is 24.6. The lowest BCUT2D eigenvalue weighted by Gasteiger charge is -2.07. The maximum absolute atomic E-state index is 11.2. The van der Waals surface area contributed by atoms with Gasteiger partial charge in [0.1, 0.15) is 5.56 Å². The molecule has 1 N–H and O–H groups in total. The van der Waals surface area contributed by atoms with E-state index >= 15 is 0 Å². The monoisotopic (exact) mass is 309 g/mol. The molecule has 0 radical (unpaired) electrons. The summed E-state index contributed by atoms with van der Waals surface area (Å²) in [6.07, 6.45) is 0. The molecule has 0 unspecified atom stereocenters. The number of nitrogens with zero attached hydrogens (tertiary/aromatic N) is 3. The zero-order chi connectivity index (χ0) is 15.7. The topological polar surface area (TPSA) is 98.3 Å². The van der Waals surface area contributed by atoms with Crippen molar-refractivity contribution in [1.82, 2.24) is 9.78 Å². The fraction of sp³-hybridized carbons (Fsp3) is 0.231. The van der Waals surface area contributed by atoms with Crippen LogP contribution in [-0.4, -0.2) is 25.8 Å². The molecule has 0 fully saturated rings. The molecule has 1 aromatic heterocycles. The van der Waals surface area contributed by atoms with E-state index in [1.165, 1.54) is 16.8 Å². The van der Waals surface area contributed by atoms with E-state index in [0.717, 1.165) is 0 Å². The lowest BCUT2D eigenvalue weighted by atomic mass is 10.1. The largest absolute Gasteiger partial charge is 0.478 e. The quantitative estimate of drug-likeness (QED) is 0.691. The van der Waals surface area contributed by atoms with E-state index in [9.17, 15) is 14.9 Å². The third-order valence-electron chi connectivity index (χ3n) is 3.19. The van der Waals surface area contributed by atoms with Crippen LogP contribution in [-0.2, 0) is 6.54 Å². The summed E-state index contributed by atoms with van der Waals surface area (Å²) in [6, 6.07) is 4.40. The summed E-state index contributed by atoms with van der Waals surface area (Å²) in [6.45, 7) is 3.22. The van der Waals surface area contributed by atoms with Crippen molar-refractivity contribution in [2.45, 2.75) is 20.4 Å². The van der Waals surface area contributed by atoms with Crippen molar-refractivity contribution in [2.75, 3.05) is 0 Å². The van der Waals surface area contributed by atoms with E-state index in [4.69, 9.17) is 16.7 Å². The molecule has 0 spiro atoms. The van der Waals surface area contributed by atoms with Crippen molar-refractivity contribution in [3.05, 3.63) is 55.9 Å². The summed E-state index contributed by atoms with van der Waals surface area (Å²) in [5.41, 5.74) is 1.06. The van der Waals surface area contributed by atoms with Crippen molar-refractivity contribution in [1.29, 1.82) is 0 Å². The Balaban J connectivity index is 2.51. The van der Waals surface area contributed by atoms with E-state index < -0.39 is 10.9 Å². The average molecular weight is 310 g/mol. The second kappa shape index (κ2) is 5.53. The summed E-state index contributed by atoms with van der Waals surface area (Å²) >= 11 is 6.02. The minimum absolute atomic E-state index is 0.0376. The van der Waals surface area contributed by atoms with Gasteiger partial charge in [0.05, 0.1) is 33.4 Å². The Labute approximate surface area is 124 Å². The van der Waals surface area contributed by atoms with Gasteiger partial charge in [-0.25, -0.2) is 4.79 Å². The molecule has 0 saturated carbocycles. The Morgan fingerprint density at radius 3 is 2.67 bits per heavy atom. The normalized spacial score (nSPS) is 10.6.